The van der Waals surface area contributed by atoms with Crippen molar-refractivity contribution in [3.8, 4) is 5.75 Å². The summed E-state index contributed by atoms with van der Waals surface area (Å²) in [6.07, 6.45) is -0.808. The molecule has 0 aliphatic rings. The molecule has 3 rings (SSSR count). The number of hydrogen-bond acceptors (Lipinski definition) is 6. The van der Waals surface area contributed by atoms with Gasteiger partial charge in [0.25, 0.3) is 9.05 Å². The number of hydrogen-bond donors (Lipinski definition) is 0. The molecule has 7 nitrogen and oxygen atoms in total. The third-order valence-electron chi connectivity index (χ3n) is 4.25. The van der Waals surface area contributed by atoms with Gasteiger partial charge in [0.15, 0.2) is 0 Å². The summed E-state index contributed by atoms with van der Waals surface area (Å²) < 4.78 is 34.5. The fourth-order valence-corrected chi connectivity index (χ4v) is 3.75. The van der Waals surface area contributed by atoms with Crippen molar-refractivity contribution in [3.05, 3.63) is 90.0 Å². The molecule has 3 aromatic rings. The van der Waals surface area contributed by atoms with Crippen LogP contribution in [0.4, 0.5) is 10.5 Å². The van der Waals surface area contributed by atoms with Crippen molar-refractivity contribution in [2.24, 2.45) is 0 Å². The molecule has 0 N–H and O–H groups in total. The van der Waals surface area contributed by atoms with E-state index >= 15 is 0 Å². The van der Waals surface area contributed by atoms with Gasteiger partial charge in [0, 0.05) is 23.8 Å². The molecule has 0 saturated carbocycles. The molecule has 0 aliphatic carbocycles. The number of halogens is 1. The summed E-state index contributed by atoms with van der Waals surface area (Å²) >= 11 is 0. The summed E-state index contributed by atoms with van der Waals surface area (Å²) in [5.74, 6) is -0.599. The molecule has 0 fully saturated rings. The third kappa shape index (κ3) is 5.84. The second-order valence-corrected chi connectivity index (χ2v) is 8.96. The highest BCUT2D eigenvalue weighted by Crippen LogP contribution is 2.32. The number of nitrogens with zero attached hydrogens (tertiary/aromatic N) is 1. The number of esters is 1. The summed E-state index contributed by atoms with van der Waals surface area (Å²) in [6.45, 7) is -0.00431. The van der Waals surface area contributed by atoms with Gasteiger partial charge in [0.1, 0.15) is 17.3 Å². The first-order chi connectivity index (χ1) is 14.8. The van der Waals surface area contributed by atoms with E-state index in [0.29, 0.717) is 5.56 Å². The van der Waals surface area contributed by atoms with E-state index in [4.69, 9.17) is 20.2 Å². The van der Waals surface area contributed by atoms with Gasteiger partial charge in [-0.1, -0.05) is 48.5 Å². The van der Waals surface area contributed by atoms with E-state index in [1.807, 2.05) is 6.07 Å². The molecule has 0 aliphatic heterocycles. The zero-order valence-electron chi connectivity index (χ0n) is 16.4. The first kappa shape index (κ1) is 22.3. The number of rotatable bonds is 6. The second-order valence-electron chi connectivity index (χ2n) is 6.42. The SMILES string of the molecule is CN(C(=O)OCc1ccccc1)c1cc(OC(=O)c2ccccc2)ccc1S(=O)(=O)Cl. The van der Waals surface area contributed by atoms with Crippen LogP contribution < -0.4 is 9.64 Å². The van der Waals surface area contributed by atoms with E-state index in [1.165, 1.54) is 19.2 Å². The second kappa shape index (κ2) is 9.63. The first-order valence-electron chi connectivity index (χ1n) is 9.06. The number of amides is 1. The largest absolute Gasteiger partial charge is 0.444 e. The van der Waals surface area contributed by atoms with Gasteiger partial charge in [-0.05, 0) is 29.8 Å². The summed E-state index contributed by atoms with van der Waals surface area (Å²) in [5, 5.41) is 0. The van der Waals surface area contributed by atoms with Crippen molar-refractivity contribution in [2.45, 2.75) is 11.5 Å². The van der Waals surface area contributed by atoms with Gasteiger partial charge < -0.3 is 9.47 Å². The summed E-state index contributed by atoms with van der Waals surface area (Å²) in [7, 11) is 2.66. The Hall–Kier alpha value is -3.36. The lowest BCUT2D eigenvalue weighted by Gasteiger charge is -2.20. The number of ether oxygens (including phenoxy) is 2. The molecule has 160 valence electrons. The van der Waals surface area contributed by atoms with E-state index in [0.717, 1.165) is 16.5 Å². The Kier molecular flexibility index (Phi) is 6.94. The van der Waals surface area contributed by atoms with Crippen LogP contribution in [0.15, 0.2) is 83.8 Å². The van der Waals surface area contributed by atoms with E-state index < -0.39 is 21.1 Å². The third-order valence-corrected chi connectivity index (χ3v) is 5.62. The summed E-state index contributed by atoms with van der Waals surface area (Å²) in [4.78, 5) is 25.5. The molecule has 31 heavy (non-hydrogen) atoms. The molecule has 1 amide bonds. The minimum atomic E-state index is -4.19. The molecule has 0 unspecified atom stereocenters. The predicted octanol–water partition coefficient (Wildman–Crippen LogP) is 4.61. The number of carbonyl (C=O) groups excluding carboxylic acids is 2. The van der Waals surface area contributed by atoms with Gasteiger partial charge in [-0.25, -0.2) is 18.0 Å². The molecule has 0 spiro atoms. The van der Waals surface area contributed by atoms with Gasteiger partial charge in [0.2, 0.25) is 0 Å². The van der Waals surface area contributed by atoms with Crippen molar-refractivity contribution in [1.82, 2.24) is 0 Å². The molecule has 3 aromatic carbocycles. The topological polar surface area (TPSA) is 90.0 Å². The zero-order chi connectivity index (χ0) is 22.4. The lowest BCUT2D eigenvalue weighted by molar-refractivity contribution is 0.0735. The highest BCUT2D eigenvalue weighted by molar-refractivity contribution is 8.13. The fraction of sp³-hybridized carbons (Fsp3) is 0.0909. The quantitative estimate of drug-likeness (QED) is 0.304. The maximum Gasteiger partial charge on any atom is 0.414 e. The normalized spacial score (nSPS) is 10.9. The molecule has 0 saturated heterocycles. The standard InChI is InChI=1S/C22H18ClNO6S/c1-24(22(26)29-15-16-8-4-2-5-9-16)19-14-18(12-13-20(19)31(23,27)28)30-21(25)17-10-6-3-7-11-17/h2-14H,15H2,1H3. The van der Waals surface area contributed by atoms with E-state index in [2.05, 4.69) is 0 Å². The molecule has 0 heterocycles. The van der Waals surface area contributed by atoms with E-state index in [-0.39, 0.29) is 22.9 Å². The van der Waals surface area contributed by atoms with Gasteiger partial charge >= 0.3 is 12.1 Å². The molecule has 9 heteroatoms. The van der Waals surface area contributed by atoms with Crippen molar-refractivity contribution in [2.75, 3.05) is 11.9 Å². The van der Waals surface area contributed by atoms with Crippen LogP contribution in [0.25, 0.3) is 0 Å². The molecular weight excluding hydrogens is 442 g/mol. The minimum Gasteiger partial charge on any atom is -0.444 e. The predicted molar refractivity (Wildman–Crippen MR) is 116 cm³/mol. The summed E-state index contributed by atoms with van der Waals surface area (Å²) in [5.41, 5.74) is 0.986. The van der Waals surface area contributed by atoms with Crippen molar-refractivity contribution in [1.29, 1.82) is 0 Å². The summed E-state index contributed by atoms with van der Waals surface area (Å²) in [6, 6.07) is 20.9. The lowest BCUT2D eigenvalue weighted by Crippen LogP contribution is -2.28. The number of carbonyl (C=O) groups is 2. The average Bonchev–Trinajstić information content (AvgIpc) is 2.77. The Morgan fingerprint density at radius 1 is 0.935 bits per heavy atom. The van der Waals surface area contributed by atoms with Crippen LogP contribution in [0.1, 0.15) is 15.9 Å². The van der Waals surface area contributed by atoms with Gasteiger partial charge in [-0.3, -0.25) is 4.90 Å². The number of benzene rings is 3. The van der Waals surface area contributed by atoms with Gasteiger partial charge in [0.05, 0.1) is 11.3 Å². The Labute approximate surface area is 184 Å². The van der Waals surface area contributed by atoms with Crippen LogP contribution in [0, 0.1) is 0 Å². The molecular formula is C22H18ClNO6S. The Bertz CT molecular complexity index is 1180. The van der Waals surface area contributed by atoms with Crippen LogP contribution in [0.5, 0.6) is 5.75 Å². The number of anilines is 1. The fourth-order valence-electron chi connectivity index (χ4n) is 2.68. The van der Waals surface area contributed by atoms with Crippen LogP contribution in [0.2, 0.25) is 0 Å². The Morgan fingerprint density at radius 2 is 1.55 bits per heavy atom. The van der Waals surface area contributed by atoms with Crippen molar-refractivity contribution >= 4 is 37.5 Å². The zero-order valence-corrected chi connectivity index (χ0v) is 18.0. The maximum absolute atomic E-state index is 12.5. The minimum absolute atomic E-state index is 0.00431. The smallest absolute Gasteiger partial charge is 0.414 e. The lowest BCUT2D eigenvalue weighted by atomic mass is 10.2. The van der Waals surface area contributed by atoms with Crippen LogP contribution in [0.3, 0.4) is 0 Å². The highest BCUT2D eigenvalue weighted by Gasteiger charge is 2.24. The first-order valence-corrected chi connectivity index (χ1v) is 11.4. The molecule has 0 aromatic heterocycles. The highest BCUT2D eigenvalue weighted by atomic mass is 35.7. The van der Waals surface area contributed by atoms with E-state index in [1.54, 1.807) is 54.6 Å². The Morgan fingerprint density at radius 3 is 2.16 bits per heavy atom. The Balaban J connectivity index is 1.84. The van der Waals surface area contributed by atoms with Crippen molar-refractivity contribution < 1.29 is 27.5 Å². The van der Waals surface area contributed by atoms with Crippen LogP contribution in [-0.2, 0) is 20.4 Å². The maximum atomic E-state index is 12.5. The monoisotopic (exact) mass is 459 g/mol. The van der Waals surface area contributed by atoms with E-state index in [9.17, 15) is 18.0 Å². The molecule has 0 bridgehead atoms. The molecule has 0 atom stereocenters. The molecule has 0 radical (unpaired) electrons. The van der Waals surface area contributed by atoms with Gasteiger partial charge in [-0.2, -0.15) is 0 Å². The van der Waals surface area contributed by atoms with Crippen LogP contribution in [-0.4, -0.2) is 27.5 Å². The van der Waals surface area contributed by atoms with Gasteiger partial charge in [-0.15, -0.1) is 0 Å². The average molecular weight is 460 g/mol. The van der Waals surface area contributed by atoms with Crippen LogP contribution >= 0.6 is 10.7 Å². The van der Waals surface area contributed by atoms with Crippen molar-refractivity contribution in [3.63, 3.8) is 0 Å².